The smallest absolute Gasteiger partial charge is 0.187 e. The van der Waals surface area contributed by atoms with Gasteiger partial charge in [0, 0.05) is 11.3 Å². The van der Waals surface area contributed by atoms with Crippen molar-refractivity contribution in [2.45, 2.75) is 12.8 Å². The Labute approximate surface area is 100 Å². The molecule has 5 heteroatoms. The van der Waals surface area contributed by atoms with Gasteiger partial charge in [-0.25, -0.2) is 4.98 Å². The van der Waals surface area contributed by atoms with Crippen LogP contribution in [0.5, 0.6) is 0 Å². The summed E-state index contributed by atoms with van der Waals surface area (Å²) >= 11 is 4.92. The first-order chi connectivity index (χ1) is 7.28. The van der Waals surface area contributed by atoms with Gasteiger partial charge in [0.1, 0.15) is 0 Å². The van der Waals surface area contributed by atoms with Crippen LogP contribution in [0.25, 0.3) is 0 Å². The fourth-order valence-electron chi connectivity index (χ4n) is 1.28. The van der Waals surface area contributed by atoms with Crippen molar-refractivity contribution in [3.63, 3.8) is 0 Å². The van der Waals surface area contributed by atoms with Crippen molar-refractivity contribution >= 4 is 32.4 Å². The predicted octanol–water partition coefficient (Wildman–Crippen LogP) is 3.45. The Kier molecular flexibility index (Phi) is 3.19. The van der Waals surface area contributed by atoms with Gasteiger partial charge >= 0.3 is 0 Å². The maximum absolute atomic E-state index is 8.69. The number of anilines is 1. The van der Waals surface area contributed by atoms with E-state index in [4.69, 9.17) is 5.26 Å². The second-order valence-electron chi connectivity index (χ2n) is 3.09. The van der Waals surface area contributed by atoms with E-state index in [9.17, 15) is 0 Å². The molecule has 0 amide bonds. The van der Waals surface area contributed by atoms with E-state index in [0.29, 0.717) is 0 Å². The zero-order valence-electron chi connectivity index (χ0n) is 7.83. The summed E-state index contributed by atoms with van der Waals surface area (Å²) in [6.45, 7) is 0. The summed E-state index contributed by atoms with van der Waals surface area (Å²) in [5, 5.41) is 12.8. The Morgan fingerprint density at radius 2 is 2.33 bits per heavy atom. The number of nitriles is 1. The Morgan fingerprint density at radius 1 is 1.47 bits per heavy atom. The van der Waals surface area contributed by atoms with Gasteiger partial charge in [0.05, 0.1) is 16.1 Å². The van der Waals surface area contributed by atoms with Crippen molar-refractivity contribution in [2.75, 3.05) is 5.32 Å². The molecule has 3 nitrogen and oxygen atoms in total. The van der Waals surface area contributed by atoms with Gasteiger partial charge in [-0.3, -0.25) is 0 Å². The van der Waals surface area contributed by atoms with Crippen molar-refractivity contribution < 1.29 is 0 Å². The van der Waals surface area contributed by atoms with Gasteiger partial charge in [-0.1, -0.05) is 11.3 Å². The van der Waals surface area contributed by atoms with E-state index in [2.05, 4.69) is 32.3 Å². The lowest BCUT2D eigenvalue weighted by Gasteiger charge is -2.10. The fourth-order valence-corrected chi connectivity index (χ4v) is 2.42. The van der Waals surface area contributed by atoms with E-state index in [1.807, 2.05) is 12.2 Å². The fraction of sp³-hybridized carbons (Fsp3) is 0.200. The standard InChI is InChI=1S/C10H8BrN3S/c11-9-6-13-10(15-9)14-8-3-1-7(5-12)2-4-8/h1,3,6H,2,4H2,(H,13,14). The van der Waals surface area contributed by atoms with Crippen LogP contribution < -0.4 is 5.32 Å². The van der Waals surface area contributed by atoms with Crippen LogP contribution in [0.15, 0.2) is 33.4 Å². The van der Waals surface area contributed by atoms with Crippen LogP contribution >= 0.6 is 27.3 Å². The summed E-state index contributed by atoms with van der Waals surface area (Å²) in [6, 6.07) is 2.16. The molecular weight excluding hydrogens is 274 g/mol. The lowest BCUT2D eigenvalue weighted by Crippen LogP contribution is -2.02. The lowest BCUT2D eigenvalue weighted by molar-refractivity contribution is 0.934. The number of rotatable bonds is 2. The van der Waals surface area contributed by atoms with Crippen LogP contribution in [0.1, 0.15) is 12.8 Å². The van der Waals surface area contributed by atoms with Gasteiger partial charge in [-0.15, -0.1) is 0 Å². The van der Waals surface area contributed by atoms with E-state index in [0.717, 1.165) is 33.0 Å². The van der Waals surface area contributed by atoms with Crippen LogP contribution in [0.3, 0.4) is 0 Å². The Hall–Kier alpha value is -1.12. The minimum Gasteiger partial charge on any atom is -0.335 e. The molecular formula is C10H8BrN3S. The Bertz CT molecular complexity index is 467. The van der Waals surface area contributed by atoms with Crippen molar-refractivity contribution in [1.29, 1.82) is 5.26 Å². The minimum absolute atomic E-state index is 0.807. The summed E-state index contributed by atoms with van der Waals surface area (Å²) in [7, 11) is 0. The van der Waals surface area contributed by atoms with Crippen LogP contribution in [0, 0.1) is 11.3 Å². The maximum Gasteiger partial charge on any atom is 0.187 e. The summed E-state index contributed by atoms with van der Waals surface area (Å²) in [6.07, 6.45) is 7.25. The molecule has 0 saturated heterocycles. The molecule has 76 valence electrons. The van der Waals surface area contributed by atoms with Gasteiger partial charge in [0.15, 0.2) is 5.13 Å². The number of halogens is 1. The molecule has 1 aromatic heterocycles. The number of thiazole rings is 1. The molecule has 15 heavy (non-hydrogen) atoms. The van der Waals surface area contributed by atoms with Crippen LogP contribution in [-0.2, 0) is 0 Å². The molecule has 0 aliphatic heterocycles. The third-order valence-electron chi connectivity index (χ3n) is 2.04. The Morgan fingerprint density at radius 3 is 2.87 bits per heavy atom. The predicted molar refractivity (Wildman–Crippen MR) is 64.4 cm³/mol. The van der Waals surface area contributed by atoms with Crippen molar-refractivity contribution in [3.05, 3.63) is 33.4 Å². The van der Waals surface area contributed by atoms with E-state index in [1.165, 1.54) is 0 Å². The molecule has 1 aliphatic rings. The molecule has 0 atom stereocenters. The first-order valence-corrected chi connectivity index (χ1v) is 6.07. The van der Waals surface area contributed by atoms with Crippen molar-refractivity contribution in [2.24, 2.45) is 0 Å². The normalized spacial score (nSPS) is 15.2. The van der Waals surface area contributed by atoms with Gasteiger partial charge < -0.3 is 5.32 Å². The monoisotopic (exact) mass is 281 g/mol. The van der Waals surface area contributed by atoms with Crippen molar-refractivity contribution in [3.8, 4) is 6.07 Å². The summed E-state index contributed by atoms with van der Waals surface area (Å²) in [5.74, 6) is 0. The molecule has 1 aromatic rings. The highest BCUT2D eigenvalue weighted by atomic mass is 79.9. The highest BCUT2D eigenvalue weighted by molar-refractivity contribution is 9.11. The van der Waals surface area contributed by atoms with Gasteiger partial charge in [-0.05, 0) is 40.9 Å². The van der Waals surface area contributed by atoms with Crippen molar-refractivity contribution in [1.82, 2.24) is 4.98 Å². The molecule has 0 spiro atoms. The molecule has 0 radical (unpaired) electrons. The molecule has 2 rings (SSSR count). The number of hydrogen-bond donors (Lipinski definition) is 1. The van der Waals surface area contributed by atoms with E-state index in [1.54, 1.807) is 17.5 Å². The van der Waals surface area contributed by atoms with Gasteiger partial charge in [-0.2, -0.15) is 5.26 Å². The zero-order valence-corrected chi connectivity index (χ0v) is 10.2. The van der Waals surface area contributed by atoms with Gasteiger partial charge in [0.25, 0.3) is 0 Å². The summed E-state index contributed by atoms with van der Waals surface area (Å²) < 4.78 is 1.01. The molecule has 1 heterocycles. The number of hydrogen-bond acceptors (Lipinski definition) is 4. The zero-order chi connectivity index (χ0) is 10.7. The molecule has 0 fully saturated rings. The first kappa shape index (κ1) is 10.4. The highest BCUT2D eigenvalue weighted by Crippen LogP contribution is 2.26. The second kappa shape index (κ2) is 4.60. The highest BCUT2D eigenvalue weighted by Gasteiger charge is 2.07. The Balaban J connectivity index is 2.06. The second-order valence-corrected chi connectivity index (χ2v) is 5.50. The SMILES string of the molecule is N#CC1=CC=C(Nc2ncc(Br)s2)CC1. The summed E-state index contributed by atoms with van der Waals surface area (Å²) in [5.41, 5.74) is 1.94. The summed E-state index contributed by atoms with van der Waals surface area (Å²) in [4.78, 5) is 4.18. The number of nitrogens with one attached hydrogen (secondary N) is 1. The minimum atomic E-state index is 0.807. The average molecular weight is 282 g/mol. The first-order valence-electron chi connectivity index (χ1n) is 4.46. The quantitative estimate of drug-likeness (QED) is 0.903. The molecule has 1 aliphatic carbocycles. The van der Waals surface area contributed by atoms with Crippen LogP contribution in [0.4, 0.5) is 5.13 Å². The third kappa shape index (κ3) is 2.67. The lowest BCUT2D eigenvalue weighted by atomic mass is 10.0. The van der Waals surface area contributed by atoms with E-state index in [-0.39, 0.29) is 0 Å². The largest absolute Gasteiger partial charge is 0.335 e. The third-order valence-corrected chi connectivity index (χ3v) is 3.43. The molecule has 1 N–H and O–H groups in total. The average Bonchev–Trinajstić information content (AvgIpc) is 2.65. The number of allylic oxidation sites excluding steroid dienone is 4. The topological polar surface area (TPSA) is 48.7 Å². The molecule has 0 aromatic carbocycles. The molecule has 0 unspecified atom stereocenters. The van der Waals surface area contributed by atoms with Crippen LogP contribution in [0.2, 0.25) is 0 Å². The number of aromatic nitrogens is 1. The number of nitrogens with zero attached hydrogens (tertiary/aromatic N) is 2. The van der Waals surface area contributed by atoms with E-state index < -0.39 is 0 Å². The van der Waals surface area contributed by atoms with Crippen LogP contribution in [-0.4, -0.2) is 4.98 Å². The molecule has 0 saturated carbocycles. The van der Waals surface area contributed by atoms with Gasteiger partial charge in [0.2, 0.25) is 0 Å². The van der Waals surface area contributed by atoms with E-state index >= 15 is 0 Å². The molecule has 0 bridgehead atoms. The maximum atomic E-state index is 8.69.